The van der Waals surface area contributed by atoms with E-state index in [0.29, 0.717) is 22.7 Å². The van der Waals surface area contributed by atoms with Gasteiger partial charge in [0.05, 0.1) is 10.6 Å². The number of amides is 1. The second-order valence-corrected chi connectivity index (χ2v) is 8.88. The molecule has 3 rings (SSSR count). The Hall–Kier alpha value is -3.02. The molecule has 0 radical (unpaired) electrons. The van der Waals surface area contributed by atoms with Gasteiger partial charge in [0.1, 0.15) is 11.3 Å². The molecule has 0 saturated carbocycles. The summed E-state index contributed by atoms with van der Waals surface area (Å²) >= 11 is 5.18. The van der Waals surface area contributed by atoms with Crippen molar-refractivity contribution in [2.24, 2.45) is 0 Å². The van der Waals surface area contributed by atoms with Gasteiger partial charge in [0.25, 0.3) is 5.91 Å². The van der Waals surface area contributed by atoms with Crippen LogP contribution in [-0.4, -0.2) is 47.2 Å². The highest BCUT2D eigenvalue weighted by Crippen LogP contribution is 2.18. The summed E-state index contributed by atoms with van der Waals surface area (Å²) in [6, 6.07) is 11.7. The largest absolute Gasteiger partial charge is 0.331 e. The molecule has 2 aromatic heterocycles. The Kier molecular flexibility index (Phi) is 5.82. The first-order chi connectivity index (χ1) is 13.7. The Morgan fingerprint density at radius 2 is 1.90 bits per heavy atom. The zero-order chi connectivity index (χ0) is 21.2. The van der Waals surface area contributed by atoms with Gasteiger partial charge in [0.15, 0.2) is 5.11 Å². The van der Waals surface area contributed by atoms with Crippen molar-refractivity contribution in [2.45, 2.75) is 11.8 Å². The van der Waals surface area contributed by atoms with E-state index in [-0.39, 0.29) is 10.0 Å². The number of rotatable bonds is 4. The van der Waals surface area contributed by atoms with Crippen LogP contribution in [0.1, 0.15) is 16.2 Å². The lowest BCUT2D eigenvalue weighted by Crippen LogP contribution is -2.44. The fourth-order valence-electron chi connectivity index (χ4n) is 2.67. The van der Waals surface area contributed by atoms with E-state index in [1.165, 1.54) is 26.2 Å². The van der Waals surface area contributed by atoms with Crippen molar-refractivity contribution in [2.75, 3.05) is 19.4 Å². The topological polar surface area (TPSA) is 108 Å². The fourth-order valence-corrected chi connectivity index (χ4v) is 3.78. The molecule has 1 amide bonds. The maximum Gasteiger partial charge on any atom is 0.288 e. The Bertz CT molecular complexity index is 1190. The Balaban J connectivity index is 1.67. The SMILES string of the molecule is Cc1nc2ccccn2c1C(=O)NNC(=S)Nc1cccc(S(=O)(=O)N(C)C)c1. The van der Waals surface area contributed by atoms with Crippen molar-refractivity contribution >= 4 is 44.6 Å². The number of imidazole rings is 1. The first kappa shape index (κ1) is 20.7. The van der Waals surface area contributed by atoms with Crippen molar-refractivity contribution in [1.82, 2.24) is 24.5 Å². The normalized spacial score (nSPS) is 11.4. The number of thiocarbonyl (C=S) groups is 1. The first-order valence-electron chi connectivity index (χ1n) is 8.54. The van der Waals surface area contributed by atoms with Crippen molar-refractivity contribution in [3.05, 3.63) is 60.0 Å². The van der Waals surface area contributed by atoms with E-state index < -0.39 is 15.9 Å². The number of nitrogens with one attached hydrogen (secondary N) is 3. The quantitative estimate of drug-likeness (QED) is 0.424. The van der Waals surface area contributed by atoms with E-state index in [1.807, 2.05) is 6.07 Å². The molecule has 0 aliphatic carbocycles. The number of pyridine rings is 1. The van der Waals surface area contributed by atoms with Gasteiger partial charge in [-0.05, 0) is 49.5 Å². The lowest BCUT2D eigenvalue weighted by Gasteiger charge is -2.14. The van der Waals surface area contributed by atoms with Gasteiger partial charge in [0, 0.05) is 26.0 Å². The van der Waals surface area contributed by atoms with Crippen molar-refractivity contribution in [3.63, 3.8) is 0 Å². The molecular weight excluding hydrogens is 412 g/mol. The Morgan fingerprint density at radius 1 is 1.14 bits per heavy atom. The fraction of sp³-hybridized carbons (Fsp3) is 0.167. The number of hydrogen-bond acceptors (Lipinski definition) is 5. The second-order valence-electron chi connectivity index (χ2n) is 6.32. The Labute approximate surface area is 173 Å². The molecule has 0 bridgehead atoms. The van der Waals surface area contributed by atoms with Gasteiger partial charge in [-0.1, -0.05) is 12.1 Å². The predicted molar refractivity (Wildman–Crippen MR) is 114 cm³/mol. The second kappa shape index (κ2) is 8.15. The molecule has 0 aliphatic heterocycles. The van der Waals surface area contributed by atoms with Crippen LogP contribution in [0.2, 0.25) is 0 Å². The number of benzene rings is 1. The molecule has 11 heteroatoms. The molecule has 0 aliphatic rings. The third-order valence-electron chi connectivity index (χ3n) is 4.08. The third kappa shape index (κ3) is 4.36. The van der Waals surface area contributed by atoms with Crippen LogP contribution >= 0.6 is 12.2 Å². The molecule has 152 valence electrons. The van der Waals surface area contributed by atoms with Crippen molar-refractivity contribution in [1.29, 1.82) is 0 Å². The highest BCUT2D eigenvalue weighted by molar-refractivity contribution is 7.89. The minimum absolute atomic E-state index is 0.101. The standard InChI is InChI=1S/C18H20N6O3S2/c1-12-16(24-10-5-4-9-15(24)19-12)17(25)21-22-18(28)20-13-7-6-8-14(11-13)29(26,27)23(2)3/h4-11H,1-3H3,(H,21,25)(H2,20,22,28). The van der Waals surface area contributed by atoms with E-state index in [4.69, 9.17) is 12.2 Å². The van der Waals surface area contributed by atoms with Gasteiger partial charge in [-0.2, -0.15) is 0 Å². The van der Waals surface area contributed by atoms with E-state index in [0.717, 1.165) is 4.31 Å². The van der Waals surface area contributed by atoms with E-state index in [9.17, 15) is 13.2 Å². The van der Waals surface area contributed by atoms with E-state index in [2.05, 4.69) is 21.2 Å². The summed E-state index contributed by atoms with van der Waals surface area (Å²) in [7, 11) is -0.651. The van der Waals surface area contributed by atoms with Gasteiger partial charge in [-0.25, -0.2) is 17.7 Å². The molecule has 1 aromatic carbocycles. The van der Waals surface area contributed by atoms with Crippen LogP contribution in [0.25, 0.3) is 5.65 Å². The van der Waals surface area contributed by atoms with Gasteiger partial charge in [0.2, 0.25) is 10.0 Å². The monoisotopic (exact) mass is 432 g/mol. The van der Waals surface area contributed by atoms with Gasteiger partial charge in [-0.15, -0.1) is 0 Å². The lowest BCUT2D eigenvalue weighted by molar-refractivity contribution is 0.0937. The van der Waals surface area contributed by atoms with Gasteiger partial charge >= 0.3 is 0 Å². The molecular formula is C18H20N6O3S2. The number of carbonyl (C=O) groups excluding carboxylic acids is 1. The number of anilines is 1. The summed E-state index contributed by atoms with van der Waals surface area (Å²) in [5.41, 5.74) is 7.22. The van der Waals surface area contributed by atoms with Crippen molar-refractivity contribution in [3.8, 4) is 0 Å². The van der Waals surface area contributed by atoms with Crippen LogP contribution in [0.3, 0.4) is 0 Å². The summed E-state index contributed by atoms with van der Waals surface area (Å²) < 4.78 is 27.3. The summed E-state index contributed by atoms with van der Waals surface area (Å²) in [5, 5.41) is 2.95. The maximum absolute atomic E-state index is 12.6. The average molecular weight is 433 g/mol. The molecule has 29 heavy (non-hydrogen) atoms. The maximum atomic E-state index is 12.6. The van der Waals surface area contributed by atoms with Crippen LogP contribution in [0.15, 0.2) is 53.6 Å². The molecule has 3 N–H and O–H groups in total. The Morgan fingerprint density at radius 3 is 2.62 bits per heavy atom. The van der Waals surface area contributed by atoms with E-state index in [1.54, 1.807) is 41.8 Å². The first-order valence-corrected chi connectivity index (χ1v) is 10.4. The number of nitrogens with zero attached hydrogens (tertiary/aromatic N) is 3. The number of sulfonamides is 1. The molecule has 9 nitrogen and oxygen atoms in total. The van der Waals surface area contributed by atoms with Crippen molar-refractivity contribution < 1.29 is 13.2 Å². The summed E-state index contributed by atoms with van der Waals surface area (Å²) in [6.07, 6.45) is 1.75. The molecule has 3 aromatic rings. The number of fused-ring (bicyclic) bond motifs is 1. The molecule has 0 saturated heterocycles. The highest BCUT2D eigenvalue weighted by Gasteiger charge is 2.18. The number of aryl methyl sites for hydroxylation is 1. The molecule has 0 fully saturated rings. The predicted octanol–water partition coefficient (Wildman–Crippen LogP) is 1.52. The van der Waals surface area contributed by atoms with Crippen LogP contribution < -0.4 is 16.2 Å². The molecule has 0 unspecified atom stereocenters. The summed E-state index contributed by atoms with van der Waals surface area (Å²) in [6.45, 7) is 1.75. The van der Waals surface area contributed by atoms with Gasteiger partial charge < -0.3 is 5.32 Å². The van der Waals surface area contributed by atoms with Crippen LogP contribution in [0.4, 0.5) is 5.69 Å². The van der Waals surface area contributed by atoms with Gasteiger partial charge in [-0.3, -0.25) is 20.0 Å². The highest BCUT2D eigenvalue weighted by atomic mass is 32.2. The van der Waals surface area contributed by atoms with Crippen LogP contribution in [-0.2, 0) is 10.0 Å². The number of hydrogen-bond donors (Lipinski definition) is 3. The summed E-state index contributed by atoms with van der Waals surface area (Å²) in [5.74, 6) is -0.408. The minimum atomic E-state index is -3.57. The minimum Gasteiger partial charge on any atom is -0.331 e. The zero-order valence-electron chi connectivity index (χ0n) is 16.0. The lowest BCUT2D eigenvalue weighted by atomic mass is 10.3. The average Bonchev–Trinajstić information content (AvgIpc) is 3.02. The van der Waals surface area contributed by atoms with E-state index >= 15 is 0 Å². The molecule has 0 atom stereocenters. The van der Waals surface area contributed by atoms with Crippen LogP contribution in [0.5, 0.6) is 0 Å². The smallest absolute Gasteiger partial charge is 0.288 e. The molecule has 2 heterocycles. The zero-order valence-corrected chi connectivity index (χ0v) is 17.6. The summed E-state index contributed by atoms with van der Waals surface area (Å²) in [4.78, 5) is 17.0. The number of hydrazine groups is 1. The molecule has 0 spiro atoms. The number of aromatic nitrogens is 2. The van der Waals surface area contributed by atoms with Crippen LogP contribution in [0, 0.1) is 6.92 Å². The number of carbonyl (C=O) groups is 1. The third-order valence-corrected chi connectivity index (χ3v) is 6.09.